The molecule has 5 nitrogen and oxygen atoms in total. The lowest BCUT2D eigenvalue weighted by Crippen LogP contribution is -2.24. The summed E-state index contributed by atoms with van der Waals surface area (Å²) in [5, 5.41) is 10.1. The van der Waals surface area contributed by atoms with Crippen LogP contribution in [0.5, 0.6) is 0 Å². The van der Waals surface area contributed by atoms with Gasteiger partial charge in [-0.25, -0.2) is 4.98 Å². The summed E-state index contributed by atoms with van der Waals surface area (Å²) < 4.78 is 1.54. The van der Waals surface area contributed by atoms with Crippen LogP contribution in [-0.4, -0.2) is 26.4 Å². The summed E-state index contributed by atoms with van der Waals surface area (Å²) in [6.45, 7) is 6.25. The minimum Gasteiger partial charge on any atom is -0.481 e. The van der Waals surface area contributed by atoms with Gasteiger partial charge in [-0.05, 0) is 30.7 Å². The highest BCUT2D eigenvalue weighted by molar-refractivity contribution is 7.99. The van der Waals surface area contributed by atoms with Crippen molar-refractivity contribution < 1.29 is 9.90 Å². The molecule has 0 saturated carbocycles. The Morgan fingerprint density at radius 3 is 3.09 bits per heavy atom. The summed E-state index contributed by atoms with van der Waals surface area (Å²) in [7, 11) is 0. The topological polar surface area (TPSA) is 72.2 Å². The van der Waals surface area contributed by atoms with E-state index in [1.165, 1.54) is 9.44 Å². The average molecular weight is 350 g/mol. The molecule has 2 aromatic rings. The number of thiophene rings is 1. The van der Waals surface area contributed by atoms with E-state index in [9.17, 15) is 9.59 Å². The molecule has 0 radical (unpaired) electrons. The number of thioether (sulfide) groups is 1. The van der Waals surface area contributed by atoms with Gasteiger partial charge in [-0.1, -0.05) is 24.8 Å². The Balaban J connectivity index is 2.17. The van der Waals surface area contributed by atoms with Crippen molar-refractivity contribution in [1.29, 1.82) is 0 Å². The minimum atomic E-state index is -0.922. The molecule has 0 amide bonds. The molecule has 0 aliphatic heterocycles. The number of rotatable bonds is 5. The monoisotopic (exact) mass is 350 g/mol. The van der Waals surface area contributed by atoms with Gasteiger partial charge in [0.1, 0.15) is 4.83 Å². The Morgan fingerprint density at radius 1 is 1.61 bits per heavy atom. The van der Waals surface area contributed by atoms with Crippen molar-refractivity contribution in [3.63, 3.8) is 0 Å². The molecule has 0 saturated heterocycles. The third-order valence-corrected chi connectivity index (χ3v) is 6.13. The zero-order valence-electron chi connectivity index (χ0n) is 12.9. The Hall–Kier alpha value is -1.60. The first kappa shape index (κ1) is 16.3. The van der Waals surface area contributed by atoms with Gasteiger partial charge in [-0.15, -0.1) is 17.9 Å². The third kappa shape index (κ3) is 3.07. The van der Waals surface area contributed by atoms with Crippen LogP contribution in [0.3, 0.4) is 0 Å². The molecule has 1 N–H and O–H groups in total. The summed E-state index contributed by atoms with van der Waals surface area (Å²) >= 11 is 2.66. The van der Waals surface area contributed by atoms with Gasteiger partial charge in [0, 0.05) is 11.4 Å². The lowest BCUT2D eigenvalue weighted by Gasteiger charge is -2.17. The van der Waals surface area contributed by atoms with E-state index in [0.29, 0.717) is 17.6 Å². The van der Waals surface area contributed by atoms with Crippen LogP contribution < -0.4 is 5.56 Å². The first-order valence-electron chi connectivity index (χ1n) is 7.51. The molecule has 0 unspecified atom stereocenters. The van der Waals surface area contributed by atoms with E-state index in [0.717, 1.165) is 46.8 Å². The van der Waals surface area contributed by atoms with Crippen molar-refractivity contribution in [1.82, 2.24) is 9.55 Å². The maximum atomic E-state index is 12.9. The van der Waals surface area contributed by atoms with Crippen LogP contribution in [0, 0.1) is 5.92 Å². The lowest BCUT2D eigenvalue weighted by atomic mass is 9.89. The van der Waals surface area contributed by atoms with Gasteiger partial charge in [0.15, 0.2) is 5.16 Å². The van der Waals surface area contributed by atoms with Crippen LogP contribution in [0.4, 0.5) is 0 Å². The number of aliphatic carboxylic acids is 1. The number of nitrogens with zero attached hydrogens (tertiary/aromatic N) is 2. The molecule has 1 aliphatic carbocycles. The molecule has 0 aromatic carbocycles. The molecule has 2 heterocycles. The van der Waals surface area contributed by atoms with Crippen LogP contribution in [0.15, 0.2) is 22.6 Å². The molecule has 0 bridgehead atoms. The average Bonchev–Trinajstić information content (AvgIpc) is 2.85. The quantitative estimate of drug-likeness (QED) is 0.510. The van der Waals surface area contributed by atoms with Crippen molar-refractivity contribution >= 4 is 39.3 Å². The van der Waals surface area contributed by atoms with Gasteiger partial charge in [0.05, 0.1) is 11.1 Å². The van der Waals surface area contributed by atoms with E-state index in [4.69, 9.17) is 5.11 Å². The zero-order valence-corrected chi connectivity index (χ0v) is 14.5. The van der Waals surface area contributed by atoms with Crippen molar-refractivity contribution in [3.05, 3.63) is 33.4 Å². The third-order valence-electron chi connectivity index (χ3n) is 4.02. The van der Waals surface area contributed by atoms with Crippen LogP contribution in [0.25, 0.3) is 10.2 Å². The fraction of sp³-hybridized carbons (Fsp3) is 0.438. The SMILES string of the molecule is C=CCn1c(SCC(=O)O)nc2sc3c(c2c1=O)CC[C@@H](C)C3. The van der Waals surface area contributed by atoms with Gasteiger partial charge in [0.25, 0.3) is 5.56 Å². The van der Waals surface area contributed by atoms with Gasteiger partial charge in [0.2, 0.25) is 0 Å². The number of carboxylic acids is 1. The summed E-state index contributed by atoms with van der Waals surface area (Å²) in [5.41, 5.74) is 1.07. The molecular formula is C16H18N2O3S2. The predicted molar refractivity (Wildman–Crippen MR) is 93.6 cm³/mol. The second kappa shape index (κ2) is 6.49. The van der Waals surface area contributed by atoms with Crippen molar-refractivity contribution in [2.45, 2.75) is 37.9 Å². The molecule has 0 spiro atoms. The molecule has 1 atom stereocenters. The van der Waals surface area contributed by atoms with Gasteiger partial charge >= 0.3 is 5.97 Å². The number of carboxylic acid groups (broad SMARTS) is 1. The highest BCUT2D eigenvalue weighted by atomic mass is 32.2. The lowest BCUT2D eigenvalue weighted by molar-refractivity contribution is -0.133. The van der Waals surface area contributed by atoms with Crippen LogP contribution in [0.2, 0.25) is 0 Å². The highest BCUT2D eigenvalue weighted by Crippen LogP contribution is 2.36. The van der Waals surface area contributed by atoms with Crippen LogP contribution in [0.1, 0.15) is 23.8 Å². The maximum Gasteiger partial charge on any atom is 0.313 e. The number of hydrogen-bond acceptors (Lipinski definition) is 5. The summed E-state index contributed by atoms with van der Waals surface area (Å²) in [5.74, 6) is -0.405. The van der Waals surface area contributed by atoms with Crippen molar-refractivity contribution in [3.8, 4) is 0 Å². The second-order valence-electron chi connectivity index (χ2n) is 5.81. The van der Waals surface area contributed by atoms with Crippen molar-refractivity contribution in [2.75, 3.05) is 5.75 Å². The molecule has 2 aromatic heterocycles. The Morgan fingerprint density at radius 2 is 2.39 bits per heavy atom. The molecule has 0 fully saturated rings. The number of aryl methyl sites for hydroxylation is 1. The van der Waals surface area contributed by atoms with Gasteiger partial charge in [-0.3, -0.25) is 14.2 Å². The highest BCUT2D eigenvalue weighted by Gasteiger charge is 2.24. The largest absolute Gasteiger partial charge is 0.481 e. The van der Waals surface area contributed by atoms with E-state index in [-0.39, 0.29) is 11.3 Å². The Bertz CT molecular complexity index is 838. The van der Waals surface area contributed by atoms with Gasteiger partial charge in [-0.2, -0.15) is 0 Å². The number of aromatic nitrogens is 2. The fourth-order valence-corrected chi connectivity index (χ4v) is 5.08. The molecule has 122 valence electrons. The van der Waals surface area contributed by atoms with Crippen LogP contribution in [-0.2, 0) is 24.2 Å². The smallest absolute Gasteiger partial charge is 0.313 e. The van der Waals surface area contributed by atoms with Gasteiger partial charge < -0.3 is 5.11 Å². The van der Waals surface area contributed by atoms with E-state index >= 15 is 0 Å². The first-order valence-corrected chi connectivity index (χ1v) is 9.32. The van der Waals surface area contributed by atoms with E-state index < -0.39 is 5.97 Å². The van der Waals surface area contributed by atoms with Crippen molar-refractivity contribution in [2.24, 2.45) is 5.92 Å². The normalized spacial score (nSPS) is 17.2. The standard InChI is InChI=1S/C16H18N2O3S2/c1-3-6-18-15(21)13-10-5-4-9(2)7-11(10)23-14(13)17-16(18)22-8-12(19)20/h3,9H,1,4-8H2,2H3,(H,19,20)/t9-/m1/s1. The summed E-state index contributed by atoms with van der Waals surface area (Å²) in [6.07, 6.45) is 4.65. The maximum absolute atomic E-state index is 12.9. The molecular weight excluding hydrogens is 332 g/mol. The fourth-order valence-electron chi connectivity index (χ4n) is 2.93. The molecule has 1 aliphatic rings. The number of carbonyl (C=O) groups is 1. The van der Waals surface area contributed by atoms with Crippen LogP contribution >= 0.6 is 23.1 Å². The summed E-state index contributed by atoms with van der Waals surface area (Å²) in [4.78, 5) is 30.3. The van der Waals surface area contributed by atoms with E-state index in [2.05, 4.69) is 18.5 Å². The molecule has 7 heteroatoms. The predicted octanol–water partition coefficient (Wildman–Crippen LogP) is 2.95. The first-order chi connectivity index (χ1) is 11.0. The Labute approximate surface area is 142 Å². The Kier molecular flexibility index (Phi) is 4.59. The number of allylic oxidation sites excluding steroid dienone is 1. The molecule has 23 heavy (non-hydrogen) atoms. The second-order valence-corrected chi connectivity index (χ2v) is 7.84. The van der Waals surface area contributed by atoms with E-state index in [1.807, 2.05) is 0 Å². The van der Waals surface area contributed by atoms with E-state index in [1.54, 1.807) is 17.4 Å². The summed E-state index contributed by atoms with van der Waals surface area (Å²) in [6, 6.07) is 0. The number of fused-ring (bicyclic) bond motifs is 3. The minimum absolute atomic E-state index is 0.0742. The zero-order chi connectivity index (χ0) is 16.6. The number of hydrogen-bond donors (Lipinski definition) is 1. The molecule has 3 rings (SSSR count).